The lowest BCUT2D eigenvalue weighted by Crippen LogP contribution is -2.31. The summed E-state index contributed by atoms with van der Waals surface area (Å²) in [6.07, 6.45) is -0.383. The molecule has 2 rings (SSSR count). The summed E-state index contributed by atoms with van der Waals surface area (Å²) >= 11 is 1.33. The Hall–Kier alpha value is -0.850. The molecule has 5 nitrogen and oxygen atoms in total. The maximum absolute atomic E-state index is 9.45. The second kappa shape index (κ2) is 3.49. The van der Waals surface area contributed by atoms with Gasteiger partial charge in [0.2, 0.25) is 5.88 Å². The molecule has 0 radical (unpaired) electrons. The van der Waals surface area contributed by atoms with E-state index in [-0.39, 0.29) is 18.0 Å². The predicted octanol–water partition coefficient (Wildman–Crippen LogP) is -0.407. The lowest BCUT2D eigenvalue weighted by molar-refractivity contribution is 0.185. The van der Waals surface area contributed by atoms with Crippen LogP contribution in [0.25, 0.3) is 0 Å². The Bertz CT molecular complexity index is 291. The van der Waals surface area contributed by atoms with Crippen molar-refractivity contribution in [3.05, 3.63) is 5.38 Å². The number of anilines is 1. The number of β-amino-alcohol motifs (C(OH)–C–C–N with tert-alkyl or cyclic N) is 1. The molecule has 1 aliphatic heterocycles. The predicted molar refractivity (Wildman–Crippen MR) is 50.1 cm³/mol. The average molecular weight is 201 g/mol. The van der Waals surface area contributed by atoms with E-state index in [1.807, 2.05) is 0 Å². The number of aromatic hydroxyl groups is 1. The van der Waals surface area contributed by atoms with Crippen molar-refractivity contribution < 1.29 is 10.2 Å². The highest BCUT2D eigenvalue weighted by atomic mass is 32.1. The zero-order valence-corrected chi connectivity index (χ0v) is 7.71. The van der Waals surface area contributed by atoms with E-state index in [0.717, 1.165) is 6.54 Å². The highest BCUT2D eigenvalue weighted by Gasteiger charge is 2.25. The first kappa shape index (κ1) is 8.74. The topological polar surface area (TPSA) is 77.4 Å². The van der Waals surface area contributed by atoms with Gasteiger partial charge in [-0.05, 0) is 0 Å². The molecule has 1 aliphatic rings. The van der Waals surface area contributed by atoms with Crippen molar-refractivity contribution in [2.24, 2.45) is 0 Å². The molecule has 13 heavy (non-hydrogen) atoms. The van der Waals surface area contributed by atoms with Gasteiger partial charge in [0.1, 0.15) is 0 Å². The Morgan fingerprint density at radius 3 is 3.00 bits per heavy atom. The summed E-state index contributed by atoms with van der Waals surface area (Å²) in [4.78, 5) is 3.83. The van der Waals surface area contributed by atoms with Gasteiger partial charge >= 0.3 is 0 Å². The van der Waals surface area contributed by atoms with Crippen LogP contribution in [0.5, 0.6) is 5.88 Å². The Morgan fingerprint density at radius 1 is 1.62 bits per heavy atom. The normalized spacial score (nSPS) is 27.8. The first-order valence-electron chi connectivity index (χ1n) is 4.05. The monoisotopic (exact) mass is 201 g/mol. The molecule has 6 heteroatoms. The molecular formula is C7H11N3O2S. The van der Waals surface area contributed by atoms with Crippen molar-refractivity contribution >= 4 is 16.5 Å². The number of aromatic nitrogens is 1. The van der Waals surface area contributed by atoms with Crippen LogP contribution >= 0.6 is 11.3 Å². The van der Waals surface area contributed by atoms with Crippen LogP contribution in [0.4, 0.5) is 5.13 Å². The zero-order valence-electron chi connectivity index (χ0n) is 6.90. The van der Waals surface area contributed by atoms with Gasteiger partial charge in [0.25, 0.3) is 0 Å². The molecule has 4 N–H and O–H groups in total. The van der Waals surface area contributed by atoms with Crippen molar-refractivity contribution in [3.8, 4) is 5.88 Å². The molecule has 0 aromatic carbocycles. The van der Waals surface area contributed by atoms with Crippen molar-refractivity contribution in [2.45, 2.75) is 12.1 Å². The zero-order chi connectivity index (χ0) is 9.26. The van der Waals surface area contributed by atoms with Crippen molar-refractivity contribution in [1.82, 2.24) is 10.3 Å². The minimum Gasteiger partial charge on any atom is -0.493 e. The van der Waals surface area contributed by atoms with Crippen LogP contribution in [0.2, 0.25) is 0 Å². The first-order valence-corrected chi connectivity index (χ1v) is 4.93. The minimum absolute atomic E-state index is 0.00875. The van der Waals surface area contributed by atoms with Gasteiger partial charge in [-0.1, -0.05) is 0 Å². The van der Waals surface area contributed by atoms with Gasteiger partial charge < -0.3 is 20.8 Å². The first-order chi connectivity index (χ1) is 6.25. The van der Waals surface area contributed by atoms with Crippen LogP contribution in [0.3, 0.4) is 0 Å². The lowest BCUT2D eigenvalue weighted by atomic mass is 10.2. The maximum Gasteiger partial charge on any atom is 0.223 e. The summed E-state index contributed by atoms with van der Waals surface area (Å²) in [6.45, 7) is 1.33. The van der Waals surface area contributed by atoms with E-state index in [0.29, 0.717) is 11.7 Å². The van der Waals surface area contributed by atoms with Crippen LogP contribution in [-0.2, 0) is 0 Å². The summed E-state index contributed by atoms with van der Waals surface area (Å²) in [6, 6.07) is -0.00875. The quantitative estimate of drug-likeness (QED) is 0.523. The summed E-state index contributed by atoms with van der Waals surface area (Å²) in [5, 5.41) is 26.7. The average Bonchev–Trinajstić information content (AvgIpc) is 2.64. The molecule has 2 heterocycles. The van der Waals surface area contributed by atoms with Gasteiger partial charge in [0.05, 0.1) is 17.5 Å². The summed E-state index contributed by atoms with van der Waals surface area (Å²) in [5.41, 5.74) is 0. The molecule has 2 atom stereocenters. The molecule has 0 saturated carbocycles. The molecule has 1 aromatic rings. The summed E-state index contributed by atoms with van der Waals surface area (Å²) < 4.78 is 0. The van der Waals surface area contributed by atoms with Crippen LogP contribution in [0.1, 0.15) is 0 Å². The number of hydrogen-bond donors (Lipinski definition) is 4. The van der Waals surface area contributed by atoms with Gasteiger partial charge in [-0.25, -0.2) is 0 Å². The third kappa shape index (κ3) is 1.90. The molecule has 0 amide bonds. The van der Waals surface area contributed by atoms with Crippen LogP contribution in [-0.4, -0.2) is 40.4 Å². The standard InChI is InChI=1S/C7H11N3O2S/c11-5-2-8-1-4(5)9-7-10-6(12)3-13-7/h3-5,8,11-12H,1-2H2,(H,9,10)/t4-,5-/m1/s1. The molecule has 1 aromatic heterocycles. The number of aliphatic hydroxyl groups excluding tert-OH is 1. The fourth-order valence-electron chi connectivity index (χ4n) is 1.30. The van der Waals surface area contributed by atoms with Crippen LogP contribution < -0.4 is 10.6 Å². The van der Waals surface area contributed by atoms with E-state index < -0.39 is 0 Å². The molecule has 1 saturated heterocycles. The van der Waals surface area contributed by atoms with Crippen LogP contribution in [0, 0.1) is 0 Å². The third-order valence-corrected chi connectivity index (χ3v) is 2.74. The van der Waals surface area contributed by atoms with Gasteiger partial charge in [0.15, 0.2) is 5.13 Å². The van der Waals surface area contributed by atoms with E-state index in [9.17, 15) is 5.11 Å². The van der Waals surface area contributed by atoms with Gasteiger partial charge in [-0.2, -0.15) is 4.98 Å². The minimum atomic E-state index is -0.383. The van der Waals surface area contributed by atoms with Gasteiger partial charge in [0, 0.05) is 13.1 Å². The number of aliphatic hydroxyl groups is 1. The fraction of sp³-hybridized carbons (Fsp3) is 0.571. The van der Waals surface area contributed by atoms with Crippen LogP contribution in [0.15, 0.2) is 5.38 Å². The Morgan fingerprint density at radius 2 is 2.46 bits per heavy atom. The molecule has 0 unspecified atom stereocenters. The van der Waals surface area contributed by atoms with E-state index >= 15 is 0 Å². The highest BCUT2D eigenvalue weighted by Crippen LogP contribution is 2.21. The lowest BCUT2D eigenvalue weighted by Gasteiger charge is -2.13. The molecule has 0 bridgehead atoms. The number of nitrogens with one attached hydrogen (secondary N) is 2. The molecule has 0 spiro atoms. The second-order valence-electron chi connectivity index (χ2n) is 2.99. The van der Waals surface area contributed by atoms with Gasteiger partial charge in [-0.3, -0.25) is 0 Å². The van der Waals surface area contributed by atoms with Crippen molar-refractivity contribution in [3.63, 3.8) is 0 Å². The summed E-state index contributed by atoms with van der Waals surface area (Å²) in [5.74, 6) is 0.0212. The Kier molecular flexibility index (Phi) is 2.34. The number of nitrogens with zero attached hydrogens (tertiary/aromatic N) is 1. The molecule has 1 fully saturated rings. The number of rotatable bonds is 2. The van der Waals surface area contributed by atoms with E-state index in [1.54, 1.807) is 5.38 Å². The smallest absolute Gasteiger partial charge is 0.223 e. The number of thiazole rings is 1. The fourth-order valence-corrected chi connectivity index (χ4v) is 1.94. The molecule has 0 aliphatic carbocycles. The van der Waals surface area contributed by atoms with Crippen molar-refractivity contribution in [2.75, 3.05) is 18.4 Å². The molecular weight excluding hydrogens is 190 g/mol. The third-order valence-electron chi connectivity index (χ3n) is 1.98. The highest BCUT2D eigenvalue weighted by molar-refractivity contribution is 7.13. The SMILES string of the molecule is Oc1csc(N[C@@H]2CNC[C@H]2O)n1. The molecule has 72 valence electrons. The maximum atomic E-state index is 9.45. The van der Waals surface area contributed by atoms with Gasteiger partial charge in [-0.15, -0.1) is 11.3 Å². The van der Waals surface area contributed by atoms with E-state index in [4.69, 9.17) is 5.11 Å². The van der Waals surface area contributed by atoms with E-state index in [2.05, 4.69) is 15.6 Å². The largest absolute Gasteiger partial charge is 0.493 e. The van der Waals surface area contributed by atoms with E-state index in [1.165, 1.54) is 11.3 Å². The Balaban J connectivity index is 1.97. The second-order valence-corrected chi connectivity index (χ2v) is 3.85. The summed E-state index contributed by atoms with van der Waals surface area (Å²) in [7, 11) is 0. The van der Waals surface area contributed by atoms with Crippen molar-refractivity contribution in [1.29, 1.82) is 0 Å². The Labute approximate surface area is 79.4 Å². The number of hydrogen-bond acceptors (Lipinski definition) is 6.